The van der Waals surface area contributed by atoms with E-state index in [9.17, 15) is 8.78 Å². The van der Waals surface area contributed by atoms with Gasteiger partial charge >= 0.3 is 0 Å². The lowest BCUT2D eigenvalue weighted by molar-refractivity contribution is 0.547. The molecular weight excluding hydrogens is 234 g/mol. The zero-order valence-electron chi connectivity index (χ0n) is 10.0. The first-order valence-electron chi connectivity index (χ1n) is 5.74. The molecule has 0 saturated heterocycles. The summed E-state index contributed by atoms with van der Waals surface area (Å²) in [4.78, 5) is 4.22. The summed E-state index contributed by atoms with van der Waals surface area (Å²) in [5.74, 6) is -1.12. The molecule has 0 fully saturated rings. The van der Waals surface area contributed by atoms with Crippen molar-refractivity contribution in [2.24, 2.45) is 0 Å². The highest BCUT2D eigenvalue weighted by molar-refractivity contribution is 5.18. The molecular formula is C14H14F2N2. The molecule has 0 aliphatic carbocycles. The van der Waals surface area contributed by atoms with Crippen molar-refractivity contribution in [3.05, 3.63) is 65.5 Å². The van der Waals surface area contributed by atoms with Gasteiger partial charge < -0.3 is 5.32 Å². The molecule has 0 saturated carbocycles. The first-order valence-corrected chi connectivity index (χ1v) is 5.74. The summed E-state index contributed by atoms with van der Waals surface area (Å²) in [6.07, 6.45) is 1.72. The Balaban J connectivity index is 1.99. The number of nitrogens with one attached hydrogen (secondary N) is 1. The van der Waals surface area contributed by atoms with E-state index in [1.54, 1.807) is 6.20 Å². The van der Waals surface area contributed by atoms with Crippen LogP contribution in [0.1, 0.15) is 24.2 Å². The molecule has 1 N–H and O–H groups in total. The second kappa shape index (κ2) is 5.69. The minimum atomic E-state index is -0.558. The van der Waals surface area contributed by atoms with Crippen molar-refractivity contribution >= 4 is 0 Å². The van der Waals surface area contributed by atoms with Crippen LogP contribution in [0, 0.1) is 11.6 Å². The summed E-state index contributed by atoms with van der Waals surface area (Å²) in [7, 11) is 0. The van der Waals surface area contributed by atoms with Gasteiger partial charge in [0.05, 0.1) is 5.69 Å². The quantitative estimate of drug-likeness (QED) is 0.898. The normalized spacial score (nSPS) is 12.4. The van der Waals surface area contributed by atoms with Crippen LogP contribution in [0.25, 0.3) is 0 Å². The molecule has 1 unspecified atom stereocenters. The number of nitrogens with zero attached hydrogens (tertiary/aromatic N) is 1. The third-order valence-electron chi connectivity index (χ3n) is 2.67. The summed E-state index contributed by atoms with van der Waals surface area (Å²) in [6.45, 7) is 2.35. The Morgan fingerprint density at radius 1 is 1.17 bits per heavy atom. The SMILES string of the molecule is CC(NCc1cc(F)cc(F)c1)c1ccccn1. The fourth-order valence-electron chi connectivity index (χ4n) is 1.72. The molecule has 1 aromatic carbocycles. The molecule has 0 aliphatic rings. The van der Waals surface area contributed by atoms with Crippen molar-refractivity contribution in [2.45, 2.75) is 19.5 Å². The maximum absolute atomic E-state index is 13.0. The number of pyridine rings is 1. The number of hydrogen-bond donors (Lipinski definition) is 1. The Morgan fingerprint density at radius 2 is 1.89 bits per heavy atom. The van der Waals surface area contributed by atoms with Crippen LogP contribution in [-0.4, -0.2) is 4.98 Å². The number of aromatic nitrogens is 1. The Labute approximate surface area is 105 Å². The molecule has 0 amide bonds. The Hall–Kier alpha value is -1.81. The lowest BCUT2D eigenvalue weighted by atomic mass is 10.1. The largest absolute Gasteiger partial charge is 0.305 e. The lowest BCUT2D eigenvalue weighted by Gasteiger charge is -2.13. The van der Waals surface area contributed by atoms with Gasteiger partial charge in [-0.25, -0.2) is 8.78 Å². The fourth-order valence-corrected chi connectivity index (χ4v) is 1.72. The van der Waals surface area contributed by atoms with E-state index in [1.807, 2.05) is 25.1 Å². The molecule has 18 heavy (non-hydrogen) atoms. The molecule has 2 aromatic rings. The van der Waals surface area contributed by atoms with Crippen LogP contribution >= 0.6 is 0 Å². The number of halogens is 2. The monoisotopic (exact) mass is 248 g/mol. The highest BCUT2D eigenvalue weighted by Crippen LogP contribution is 2.11. The van der Waals surface area contributed by atoms with Crippen LogP contribution < -0.4 is 5.32 Å². The molecule has 2 nitrogen and oxygen atoms in total. The van der Waals surface area contributed by atoms with Crippen LogP contribution in [-0.2, 0) is 6.54 Å². The van der Waals surface area contributed by atoms with Gasteiger partial charge in [0, 0.05) is 24.8 Å². The summed E-state index contributed by atoms with van der Waals surface area (Å²) in [5.41, 5.74) is 1.48. The van der Waals surface area contributed by atoms with Crippen molar-refractivity contribution < 1.29 is 8.78 Å². The second-order valence-corrected chi connectivity index (χ2v) is 4.13. The van der Waals surface area contributed by atoms with E-state index in [0.29, 0.717) is 12.1 Å². The lowest BCUT2D eigenvalue weighted by Crippen LogP contribution is -2.19. The fraction of sp³-hybridized carbons (Fsp3) is 0.214. The summed E-state index contributed by atoms with van der Waals surface area (Å²) in [5, 5.41) is 3.17. The summed E-state index contributed by atoms with van der Waals surface area (Å²) >= 11 is 0. The molecule has 0 bridgehead atoms. The zero-order chi connectivity index (χ0) is 13.0. The van der Waals surface area contributed by atoms with E-state index in [2.05, 4.69) is 10.3 Å². The van der Waals surface area contributed by atoms with Crippen LogP contribution in [0.15, 0.2) is 42.6 Å². The first kappa shape index (κ1) is 12.6. The van der Waals surface area contributed by atoms with E-state index in [1.165, 1.54) is 12.1 Å². The van der Waals surface area contributed by atoms with Crippen molar-refractivity contribution in [3.8, 4) is 0 Å². The van der Waals surface area contributed by atoms with Crippen LogP contribution in [0.3, 0.4) is 0 Å². The van der Waals surface area contributed by atoms with Gasteiger partial charge in [0.2, 0.25) is 0 Å². The van der Waals surface area contributed by atoms with Gasteiger partial charge in [0.25, 0.3) is 0 Å². The standard InChI is InChI=1S/C14H14F2N2/c1-10(14-4-2-3-5-17-14)18-9-11-6-12(15)8-13(16)7-11/h2-8,10,18H,9H2,1H3. The van der Waals surface area contributed by atoms with Crippen molar-refractivity contribution in [1.82, 2.24) is 10.3 Å². The van der Waals surface area contributed by atoms with Gasteiger partial charge in [-0.1, -0.05) is 6.07 Å². The summed E-state index contributed by atoms with van der Waals surface area (Å²) in [6, 6.07) is 9.19. The molecule has 4 heteroatoms. The van der Waals surface area contributed by atoms with E-state index in [-0.39, 0.29) is 6.04 Å². The number of benzene rings is 1. The topological polar surface area (TPSA) is 24.9 Å². The van der Waals surface area contributed by atoms with Crippen LogP contribution in [0.4, 0.5) is 8.78 Å². The van der Waals surface area contributed by atoms with Gasteiger partial charge in [-0.05, 0) is 36.8 Å². The van der Waals surface area contributed by atoms with Crippen LogP contribution in [0.2, 0.25) is 0 Å². The molecule has 0 spiro atoms. The predicted octanol–water partition coefficient (Wildman–Crippen LogP) is 3.21. The smallest absolute Gasteiger partial charge is 0.126 e. The van der Waals surface area contributed by atoms with Gasteiger partial charge in [-0.15, -0.1) is 0 Å². The van der Waals surface area contributed by atoms with Crippen LogP contribution in [0.5, 0.6) is 0 Å². The molecule has 0 radical (unpaired) electrons. The first-order chi connectivity index (χ1) is 8.65. The predicted molar refractivity (Wildman–Crippen MR) is 65.8 cm³/mol. The minimum absolute atomic E-state index is 0.0255. The second-order valence-electron chi connectivity index (χ2n) is 4.13. The van der Waals surface area contributed by atoms with Crippen molar-refractivity contribution in [1.29, 1.82) is 0 Å². The molecule has 1 aromatic heterocycles. The van der Waals surface area contributed by atoms with E-state index < -0.39 is 11.6 Å². The Bertz CT molecular complexity index is 494. The molecule has 2 rings (SSSR count). The third-order valence-corrected chi connectivity index (χ3v) is 2.67. The van der Waals surface area contributed by atoms with E-state index in [0.717, 1.165) is 11.8 Å². The van der Waals surface area contributed by atoms with Gasteiger partial charge in [0.1, 0.15) is 11.6 Å². The van der Waals surface area contributed by atoms with Crippen molar-refractivity contribution in [2.75, 3.05) is 0 Å². The van der Waals surface area contributed by atoms with Gasteiger partial charge in [-0.2, -0.15) is 0 Å². The average Bonchev–Trinajstić information content (AvgIpc) is 2.36. The van der Waals surface area contributed by atoms with E-state index in [4.69, 9.17) is 0 Å². The third kappa shape index (κ3) is 3.34. The molecule has 0 aliphatic heterocycles. The number of rotatable bonds is 4. The Kier molecular flexibility index (Phi) is 3.99. The number of hydrogen-bond acceptors (Lipinski definition) is 2. The average molecular weight is 248 g/mol. The van der Waals surface area contributed by atoms with E-state index >= 15 is 0 Å². The maximum Gasteiger partial charge on any atom is 0.126 e. The highest BCUT2D eigenvalue weighted by atomic mass is 19.1. The molecule has 1 atom stereocenters. The summed E-state index contributed by atoms with van der Waals surface area (Å²) < 4.78 is 26.0. The Morgan fingerprint density at radius 3 is 2.50 bits per heavy atom. The minimum Gasteiger partial charge on any atom is -0.305 e. The van der Waals surface area contributed by atoms with Crippen molar-refractivity contribution in [3.63, 3.8) is 0 Å². The zero-order valence-corrected chi connectivity index (χ0v) is 10.0. The highest BCUT2D eigenvalue weighted by Gasteiger charge is 2.06. The van der Waals surface area contributed by atoms with Gasteiger partial charge in [-0.3, -0.25) is 4.98 Å². The molecule has 1 heterocycles. The molecule has 94 valence electrons. The van der Waals surface area contributed by atoms with Gasteiger partial charge in [0.15, 0.2) is 0 Å². The maximum atomic E-state index is 13.0.